The second-order valence-electron chi connectivity index (χ2n) is 1.48. The molecule has 0 saturated heterocycles. The number of hydrogen-bond acceptors (Lipinski definition) is 2. The van der Waals surface area contributed by atoms with Crippen LogP contribution in [0.1, 0.15) is 2.74 Å². The van der Waals surface area contributed by atoms with Gasteiger partial charge in [-0.05, 0) is 31.9 Å². The summed E-state index contributed by atoms with van der Waals surface area (Å²) in [5.74, 6) is 0.212. The highest BCUT2D eigenvalue weighted by Gasteiger charge is 1.96. The molecule has 54 valence electrons. The van der Waals surface area contributed by atoms with Gasteiger partial charge in [0.15, 0.2) is 0 Å². The molecule has 0 aliphatic heterocycles. The number of ether oxygens (including phenoxy) is 1. The second kappa shape index (κ2) is 3.34. The lowest BCUT2D eigenvalue weighted by Gasteiger charge is -1.99. The number of nitrogens with zero attached hydrogens (tertiary/aromatic N) is 1. The number of methoxy groups -OCH3 is 1. The van der Waals surface area contributed by atoms with Crippen molar-refractivity contribution < 1.29 is 7.48 Å². The van der Waals surface area contributed by atoms with Gasteiger partial charge in [0.2, 0.25) is 0 Å². The van der Waals surface area contributed by atoms with Gasteiger partial charge >= 0.3 is 0 Å². The molecule has 0 saturated carbocycles. The van der Waals surface area contributed by atoms with Crippen LogP contribution in [0.3, 0.4) is 0 Å². The molecular weight excluding hydrogens is 262 g/mol. The Morgan fingerprint density at radius 1 is 1.50 bits per heavy atom. The van der Waals surface area contributed by atoms with Gasteiger partial charge < -0.3 is 4.74 Å². The van der Waals surface area contributed by atoms with Crippen molar-refractivity contribution in [2.24, 2.45) is 0 Å². The molecule has 10 heavy (non-hydrogen) atoms. The fourth-order valence-electron chi connectivity index (χ4n) is 0.463. The predicted molar refractivity (Wildman–Crippen MR) is 46.2 cm³/mol. The van der Waals surface area contributed by atoms with Gasteiger partial charge in [-0.1, -0.05) is 0 Å². The second-order valence-corrected chi connectivity index (χ2v) is 2.98. The maximum absolute atomic E-state index is 7.46. The number of halogens is 2. The van der Waals surface area contributed by atoms with Crippen LogP contribution in [0.25, 0.3) is 0 Å². The molecule has 1 aromatic rings. The fraction of sp³-hybridized carbons (Fsp3) is 0.167. The summed E-state index contributed by atoms with van der Waals surface area (Å²) in [5, 5.41) is 0. The first kappa shape index (κ1) is 5.55. The average molecular weight is 269 g/mol. The molecule has 4 heteroatoms. The third-order valence-electron chi connectivity index (χ3n) is 0.834. The zero-order valence-electron chi connectivity index (χ0n) is 7.11. The lowest BCUT2D eigenvalue weighted by Crippen LogP contribution is -1.84. The summed E-state index contributed by atoms with van der Waals surface area (Å²) < 4.78 is 20.5. The molecule has 0 N–H and O–H groups in total. The Hall–Kier alpha value is -0.0900. The lowest BCUT2D eigenvalue weighted by molar-refractivity contribution is 0.413. The zero-order valence-corrected chi connectivity index (χ0v) is 8.28. The van der Waals surface area contributed by atoms with Crippen LogP contribution in [0.5, 0.6) is 5.75 Å². The standard InChI is InChI=1S/C6H5Br2NO/c1-10-4-2-5(7)9-6(8)3-4/h2-3H,1H3/i2D,3D. The smallest absolute Gasteiger partial charge is 0.124 e. The summed E-state index contributed by atoms with van der Waals surface area (Å²) in [4.78, 5) is 3.86. The highest BCUT2D eigenvalue weighted by atomic mass is 79.9. The van der Waals surface area contributed by atoms with Crippen LogP contribution in [-0.2, 0) is 0 Å². The Labute approximate surface area is 78.7 Å². The Morgan fingerprint density at radius 3 is 2.40 bits per heavy atom. The quantitative estimate of drug-likeness (QED) is 0.731. The van der Waals surface area contributed by atoms with E-state index in [0.29, 0.717) is 9.21 Å². The SMILES string of the molecule is [2H]c1c(Br)nc(Br)c([2H])c1OC. The molecule has 0 atom stereocenters. The number of pyridine rings is 1. The van der Waals surface area contributed by atoms with Crippen molar-refractivity contribution in [3.8, 4) is 5.75 Å². The highest BCUT2D eigenvalue weighted by molar-refractivity contribution is 9.11. The molecule has 0 aliphatic carbocycles. The third kappa shape index (κ3) is 1.95. The van der Waals surface area contributed by atoms with E-state index in [-0.39, 0.29) is 17.8 Å². The summed E-state index contributed by atoms with van der Waals surface area (Å²) in [5.41, 5.74) is 0. The Kier molecular flexibility index (Phi) is 1.86. The molecular formula is C6H5Br2NO. The highest BCUT2D eigenvalue weighted by Crippen LogP contribution is 2.20. The van der Waals surface area contributed by atoms with Gasteiger partial charge in [-0.2, -0.15) is 0 Å². The van der Waals surface area contributed by atoms with Crippen LogP contribution in [0.4, 0.5) is 0 Å². The van der Waals surface area contributed by atoms with Crippen molar-refractivity contribution in [3.63, 3.8) is 0 Å². The fourth-order valence-corrected chi connectivity index (χ4v) is 1.42. The summed E-state index contributed by atoms with van der Waals surface area (Å²) >= 11 is 6.16. The average Bonchev–Trinajstić information content (AvgIpc) is 2.02. The Bertz CT molecular complexity index is 293. The van der Waals surface area contributed by atoms with E-state index in [2.05, 4.69) is 36.8 Å². The van der Waals surface area contributed by atoms with Gasteiger partial charge in [0.25, 0.3) is 0 Å². The topological polar surface area (TPSA) is 22.1 Å². The van der Waals surface area contributed by atoms with Crippen molar-refractivity contribution in [1.29, 1.82) is 0 Å². The Balaban J connectivity index is 3.42. The summed E-state index contributed by atoms with van der Waals surface area (Å²) in [6.45, 7) is 0. The summed E-state index contributed by atoms with van der Waals surface area (Å²) in [6, 6.07) is 0.177. The van der Waals surface area contributed by atoms with E-state index in [1.165, 1.54) is 7.11 Å². The van der Waals surface area contributed by atoms with Gasteiger partial charge in [-0.25, -0.2) is 4.98 Å². The monoisotopic (exact) mass is 267 g/mol. The molecule has 0 radical (unpaired) electrons. The van der Waals surface area contributed by atoms with Crippen LogP contribution in [0.2, 0.25) is 0 Å². The van der Waals surface area contributed by atoms with Crippen LogP contribution >= 0.6 is 31.9 Å². The summed E-state index contributed by atoms with van der Waals surface area (Å²) in [6.07, 6.45) is 0. The Morgan fingerprint density at radius 2 is 2.00 bits per heavy atom. The van der Waals surface area contributed by atoms with Gasteiger partial charge in [-0.15, -0.1) is 0 Å². The first-order valence-electron chi connectivity index (χ1n) is 3.44. The first-order valence-corrected chi connectivity index (χ1v) is 4.02. The normalized spacial score (nSPS) is 12.3. The van der Waals surface area contributed by atoms with E-state index in [9.17, 15) is 0 Å². The maximum atomic E-state index is 7.46. The molecule has 2 nitrogen and oxygen atoms in total. The molecule has 0 bridgehead atoms. The number of rotatable bonds is 1. The maximum Gasteiger partial charge on any atom is 0.124 e. The van der Waals surface area contributed by atoms with Crippen molar-refractivity contribution >= 4 is 31.9 Å². The molecule has 0 spiro atoms. The van der Waals surface area contributed by atoms with Crippen LogP contribution in [0.15, 0.2) is 21.3 Å². The molecule has 0 fully saturated rings. The number of aromatic nitrogens is 1. The minimum atomic E-state index is 0.0886. The molecule has 0 unspecified atom stereocenters. The molecule has 1 heterocycles. The van der Waals surface area contributed by atoms with Crippen LogP contribution < -0.4 is 4.74 Å². The number of hydrogen-bond donors (Lipinski definition) is 0. The van der Waals surface area contributed by atoms with Crippen molar-refractivity contribution in [2.75, 3.05) is 7.11 Å². The van der Waals surface area contributed by atoms with Crippen LogP contribution in [0, 0.1) is 0 Å². The van der Waals surface area contributed by atoms with Gasteiger partial charge in [0.1, 0.15) is 15.0 Å². The van der Waals surface area contributed by atoms with E-state index in [0.717, 1.165) is 0 Å². The van der Waals surface area contributed by atoms with Gasteiger partial charge in [-0.3, -0.25) is 0 Å². The third-order valence-corrected chi connectivity index (χ3v) is 1.58. The van der Waals surface area contributed by atoms with Gasteiger partial charge in [0.05, 0.1) is 9.85 Å². The lowest BCUT2D eigenvalue weighted by atomic mass is 10.5. The van der Waals surface area contributed by atoms with E-state index in [1.807, 2.05) is 0 Å². The van der Waals surface area contributed by atoms with E-state index in [1.54, 1.807) is 0 Å². The van der Waals surface area contributed by atoms with Crippen molar-refractivity contribution in [2.45, 2.75) is 0 Å². The molecule has 0 aromatic carbocycles. The summed E-state index contributed by atoms with van der Waals surface area (Å²) in [7, 11) is 1.42. The minimum absolute atomic E-state index is 0.0886. The van der Waals surface area contributed by atoms with E-state index >= 15 is 0 Å². The van der Waals surface area contributed by atoms with E-state index < -0.39 is 0 Å². The van der Waals surface area contributed by atoms with E-state index in [4.69, 9.17) is 7.48 Å². The van der Waals surface area contributed by atoms with Crippen molar-refractivity contribution in [3.05, 3.63) is 21.3 Å². The molecule has 0 amide bonds. The minimum Gasteiger partial charge on any atom is -0.497 e. The van der Waals surface area contributed by atoms with Crippen LogP contribution in [-0.4, -0.2) is 12.1 Å². The molecule has 1 rings (SSSR count). The largest absolute Gasteiger partial charge is 0.497 e. The van der Waals surface area contributed by atoms with Gasteiger partial charge in [0, 0.05) is 12.1 Å². The molecule has 1 aromatic heterocycles. The molecule has 0 aliphatic rings. The predicted octanol–water partition coefficient (Wildman–Crippen LogP) is 2.62. The first-order chi connectivity index (χ1) is 5.57. The zero-order chi connectivity index (χ0) is 9.30. The van der Waals surface area contributed by atoms with Crippen molar-refractivity contribution in [1.82, 2.24) is 4.98 Å².